The molecule has 0 rings (SSSR count). The maximum atomic E-state index is 7.97. The quantitative estimate of drug-likeness (QED) is 0.281. The third-order valence-corrected chi connectivity index (χ3v) is 0.292. The molecule has 0 spiro atoms. The summed E-state index contributed by atoms with van der Waals surface area (Å²) in [5.74, 6) is 0. The predicted octanol–water partition coefficient (Wildman–Crippen LogP) is -0.398. The second kappa shape index (κ2) is 4.43. The molecule has 0 bridgehead atoms. The van der Waals surface area contributed by atoms with E-state index in [0.717, 1.165) is 6.40 Å². The van der Waals surface area contributed by atoms with Crippen LogP contribution in [0, 0.1) is 5.41 Å². The maximum Gasteiger partial charge on any atom is 0.166 e. The highest BCUT2D eigenvalue weighted by atomic mass is 16.5. The van der Waals surface area contributed by atoms with E-state index >= 15 is 0 Å². The van der Waals surface area contributed by atoms with Crippen molar-refractivity contribution in [2.24, 2.45) is 0 Å². The molecule has 36 valence electrons. The fourth-order valence-corrected chi connectivity index (χ4v) is 0.112. The van der Waals surface area contributed by atoms with Gasteiger partial charge in [-0.3, -0.25) is 5.41 Å². The molecule has 3 nitrogen and oxygen atoms in total. The maximum absolute atomic E-state index is 7.97. The zero-order valence-corrected chi connectivity index (χ0v) is 3.35. The Morgan fingerprint density at radius 2 is 2.50 bits per heavy atom. The van der Waals surface area contributed by atoms with Crippen molar-refractivity contribution in [1.29, 1.82) is 5.41 Å². The molecule has 0 aliphatic carbocycles. The van der Waals surface area contributed by atoms with Gasteiger partial charge in [0.25, 0.3) is 0 Å². The smallest absolute Gasteiger partial charge is 0.166 e. The molecule has 0 atom stereocenters. The van der Waals surface area contributed by atoms with E-state index in [-0.39, 0.29) is 13.2 Å². The average Bonchev–Trinajstić information content (AvgIpc) is 1.61. The highest BCUT2D eigenvalue weighted by Crippen LogP contribution is 1.59. The highest BCUT2D eigenvalue weighted by Gasteiger charge is 1.70. The molecular weight excluding hydrogens is 82.0 g/mol. The minimum Gasteiger partial charge on any atom is -0.481 e. The lowest BCUT2D eigenvalue weighted by Gasteiger charge is -1.88. The van der Waals surface area contributed by atoms with Crippen LogP contribution in [-0.2, 0) is 4.74 Å². The lowest BCUT2D eigenvalue weighted by atomic mass is 10.8. The van der Waals surface area contributed by atoms with E-state index < -0.39 is 0 Å². The van der Waals surface area contributed by atoms with Gasteiger partial charge in [0.2, 0.25) is 0 Å². The van der Waals surface area contributed by atoms with Gasteiger partial charge in [0.15, 0.2) is 6.40 Å². The van der Waals surface area contributed by atoms with Crippen LogP contribution in [0.5, 0.6) is 0 Å². The summed E-state index contributed by atoms with van der Waals surface area (Å²) in [6.45, 7) is 0.207. The largest absolute Gasteiger partial charge is 0.481 e. The van der Waals surface area contributed by atoms with E-state index in [4.69, 9.17) is 10.5 Å². The van der Waals surface area contributed by atoms with Gasteiger partial charge in [-0.25, -0.2) is 0 Å². The number of aliphatic hydroxyl groups is 1. The highest BCUT2D eigenvalue weighted by molar-refractivity contribution is 5.40. The van der Waals surface area contributed by atoms with Crippen molar-refractivity contribution in [3.63, 3.8) is 0 Å². The first-order chi connectivity index (χ1) is 2.91. The second-order valence-corrected chi connectivity index (χ2v) is 0.712. The third kappa shape index (κ3) is 3.43. The normalized spacial score (nSPS) is 7.50. The Labute approximate surface area is 36.1 Å². The van der Waals surface area contributed by atoms with Crippen LogP contribution in [0.2, 0.25) is 0 Å². The van der Waals surface area contributed by atoms with E-state index in [0.29, 0.717) is 0 Å². The summed E-state index contributed by atoms with van der Waals surface area (Å²) in [7, 11) is 0. The number of ether oxygens (including phenoxy) is 1. The van der Waals surface area contributed by atoms with Gasteiger partial charge in [-0.2, -0.15) is 0 Å². The van der Waals surface area contributed by atoms with Gasteiger partial charge in [-0.1, -0.05) is 0 Å². The minimum absolute atomic E-state index is 0.0185. The second-order valence-electron chi connectivity index (χ2n) is 0.712. The molecule has 0 aliphatic rings. The summed E-state index contributed by atoms with van der Waals surface area (Å²) >= 11 is 0. The van der Waals surface area contributed by atoms with Crippen LogP contribution in [0.15, 0.2) is 0 Å². The molecule has 0 saturated heterocycles. The van der Waals surface area contributed by atoms with Crippen LogP contribution in [0.25, 0.3) is 0 Å². The fraction of sp³-hybridized carbons (Fsp3) is 0.667. The van der Waals surface area contributed by atoms with Gasteiger partial charge in [-0.05, 0) is 0 Å². The van der Waals surface area contributed by atoms with Gasteiger partial charge in [0, 0.05) is 0 Å². The van der Waals surface area contributed by atoms with Crippen LogP contribution in [0.3, 0.4) is 0 Å². The first-order valence-electron chi connectivity index (χ1n) is 1.63. The number of hydrogen-bond donors (Lipinski definition) is 2. The van der Waals surface area contributed by atoms with Crippen molar-refractivity contribution in [1.82, 2.24) is 0 Å². The van der Waals surface area contributed by atoms with Crippen molar-refractivity contribution in [3.05, 3.63) is 0 Å². The van der Waals surface area contributed by atoms with Gasteiger partial charge in [0.05, 0.1) is 6.61 Å². The minimum atomic E-state index is -0.0185. The summed E-state index contributed by atoms with van der Waals surface area (Å²) in [4.78, 5) is 0. The summed E-state index contributed by atoms with van der Waals surface area (Å²) in [6, 6.07) is 0. The lowest BCUT2D eigenvalue weighted by Crippen LogP contribution is -1.94. The van der Waals surface area contributed by atoms with Gasteiger partial charge in [-0.15, -0.1) is 0 Å². The molecule has 0 heterocycles. The first kappa shape index (κ1) is 5.43. The lowest BCUT2D eigenvalue weighted by molar-refractivity contribution is 0.199. The van der Waals surface area contributed by atoms with E-state index in [2.05, 4.69) is 4.74 Å². The molecule has 0 unspecified atom stereocenters. The molecule has 0 saturated carbocycles. The third-order valence-electron chi connectivity index (χ3n) is 0.292. The van der Waals surface area contributed by atoms with Crippen LogP contribution in [0.4, 0.5) is 0 Å². The van der Waals surface area contributed by atoms with E-state index in [9.17, 15) is 0 Å². The van der Waals surface area contributed by atoms with Crippen LogP contribution in [-0.4, -0.2) is 24.7 Å². The van der Waals surface area contributed by atoms with E-state index in [1.54, 1.807) is 0 Å². The van der Waals surface area contributed by atoms with Crippen molar-refractivity contribution in [3.8, 4) is 0 Å². The molecule has 0 aromatic heterocycles. The molecule has 0 aromatic carbocycles. The molecule has 6 heavy (non-hydrogen) atoms. The van der Waals surface area contributed by atoms with E-state index in [1.807, 2.05) is 0 Å². The molecule has 0 aromatic rings. The van der Waals surface area contributed by atoms with Gasteiger partial charge >= 0.3 is 0 Å². The van der Waals surface area contributed by atoms with Crippen LogP contribution in [0.1, 0.15) is 0 Å². The monoisotopic (exact) mass is 89.0 g/mol. The van der Waals surface area contributed by atoms with Crippen molar-refractivity contribution in [2.75, 3.05) is 13.2 Å². The van der Waals surface area contributed by atoms with Gasteiger partial charge in [0.1, 0.15) is 6.61 Å². The standard InChI is InChI=1S/C3H7NO2/c4-3-6-2-1-5/h3-5H,1-2H2. The Morgan fingerprint density at radius 3 is 2.67 bits per heavy atom. The number of nitrogens with one attached hydrogen (secondary N) is 1. The number of hydrogen-bond acceptors (Lipinski definition) is 3. The average molecular weight is 89.1 g/mol. The van der Waals surface area contributed by atoms with Crippen molar-refractivity contribution < 1.29 is 9.84 Å². The SMILES string of the molecule is N=COCCO. The summed E-state index contributed by atoms with van der Waals surface area (Å²) in [5, 5.41) is 14.2. The first-order valence-corrected chi connectivity index (χ1v) is 1.63. The Morgan fingerprint density at radius 1 is 1.83 bits per heavy atom. The summed E-state index contributed by atoms with van der Waals surface area (Å²) < 4.78 is 4.27. The Balaban J connectivity index is 2.49. The number of aliphatic hydroxyl groups excluding tert-OH is 1. The molecule has 2 N–H and O–H groups in total. The fourth-order valence-electron chi connectivity index (χ4n) is 0.112. The Kier molecular flexibility index (Phi) is 4.01. The van der Waals surface area contributed by atoms with Crippen LogP contribution >= 0.6 is 0 Å². The molecular formula is C3H7NO2. The predicted molar refractivity (Wildman–Crippen MR) is 21.8 cm³/mol. The zero-order valence-electron chi connectivity index (χ0n) is 3.35. The van der Waals surface area contributed by atoms with Crippen LogP contribution < -0.4 is 0 Å². The summed E-state index contributed by atoms with van der Waals surface area (Å²) in [5.41, 5.74) is 0. The summed E-state index contributed by atoms with van der Waals surface area (Å²) in [6.07, 6.45) is 0.802. The van der Waals surface area contributed by atoms with Crippen molar-refractivity contribution in [2.45, 2.75) is 0 Å². The molecule has 3 heteroatoms. The van der Waals surface area contributed by atoms with E-state index in [1.165, 1.54) is 0 Å². The Hall–Kier alpha value is -0.570. The molecule has 0 amide bonds. The van der Waals surface area contributed by atoms with Crippen molar-refractivity contribution >= 4 is 6.40 Å². The zero-order chi connectivity index (χ0) is 4.83. The van der Waals surface area contributed by atoms with Gasteiger partial charge < -0.3 is 9.84 Å². The number of rotatable bonds is 3. The Bertz CT molecular complexity index is 37.8. The molecule has 0 radical (unpaired) electrons. The topological polar surface area (TPSA) is 53.3 Å². The molecule has 0 fully saturated rings. The molecule has 0 aliphatic heterocycles.